The molecule has 0 spiro atoms. The van der Waals surface area contributed by atoms with Crippen molar-refractivity contribution in [3.05, 3.63) is 357 Å². The number of nitrogens with zero attached hydrogens (tertiary/aromatic N) is 8. The molecule has 7 aromatic heterocycles. The average molecular weight is 1350 g/mol. The number of pyridine rings is 1. The Hall–Kier alpha value is -14.3. The topological polar surface area (TPSA) is 66.3 Å². The van der Waals surface area contributed by atoms with Gasteiger partial charge in [-0.05, 0) is 194 Å². The molecule has 0 aliphatic carbocycles. The van der Waals surface area contributed by atoms with E-state index >= 15 is 0 Å². The Kier molecular flexibility index (Phi) is 12.8. The Labute approximate surface area is 608 Å². The Morgan fingerprint density at radius 2 is 0.453 bits per heavy atom. The molecule has 494 valence electrons. The normalized spacial score (nSPS) is 12.0. The van der Waals surface area contributed by atoms with Crippen molar-refractivity contribution in [2.75, 3.05) is 0 Å². The average Bonchev–Trinajstić information content (AvgIpc) is 1.56. The molecular weight excluding hydrogens is 1290 g/mol. The molecule has 0 amide bonds. The van der Waals surface area contributed by atoms with Gasteiger partial charge in [0.05, 0.1) is 71.8 Å². The molecule has 0 bridgehead atoms. The third-order valence-electron chi connectivity index (χ3n) is 22.5. The van der Waals surface area contributed by atoms with Crippen LogP contribution >= 0.6 is 0 Å². The summed E-state index contributed by atoms with van der Waals surface area (Å²) in [6.07, 6.45) is 0. The summed E-state index contributed by atoms with van der Waals surface area (Å²) in [5.41, 5.74) is 28.1. The molecule has 22 rings (SSSR count). The van der Waals surface area contributed by atoms with Crippen molar-refractivity contribution < 1.29 is 0 Å². The van der Waals surface area contributed by atoms with E-state index in [1.807, 2.05) is 6.92 Å². The third-order valence-corrected chi connectivity index (χ3v) is 22.5. The summed E-state index contributed by atoms with van der Waals surface area (Å²) in [7, 11) is 0. The van der Waals surface area contributed by atoms with Gasteiger partial charge in [-0.1, -0.05) is 176 Å². The maximum Gasteiger partial charge on any atom is 0.100 e. The second kappa shape index (κ2) is 22.9. The van der Waals surface area contributed by atoms with Crippen LogP contribution in [0.4, 0.5) is 0 Å². The highest BCUT2D eigenvalue weighted by atomic mass is 15.0. The fourth-order valence-electron chi connectivity index (χ4n) is 17.9. The first-order valence-electron chi connectivity index (χ1n) is 36.2. The van der Waals surface area contributed by atoms with Crippen LogP contribution in [0.2, 0.25) is 0 Å². The summed E-state index contributed by atoms with van der Waals surface area (Å²) in [5.74, 6) is 0. The molecule has 0 aliphatic heterocycles. The molecule has 0 aliphatic rings. The summed E-state index contributed by atoms with van der Waals surface area (Å²) >= 11 is 0. The minimum Gasteiger partial charge on any atom is -0.309 e. The van der Waals surface area contributed by atoms with Gasteiger partial charge in [0, 0.05) is 127 Å². The lowest BCUT2D eigenvalue weighted by molar-refractivity contribution is 1.13. The Morgan fingerprint density at radius 3 is 0.708 bits per heavy atom. The van der Waals surface area contributed by atoms with Crippen LogP contribution in [0.25, 0.3) is 198 Å². The summed E-state index contributed by atoms with van der Waals surface area (Å²) < 4.78 is 14.5. The quantitative estimate of drug-likeness (QED) is 0.145. The van der Waals surface area contributed by atoms with E-state index in [1.165, 1.54) is 87.2 Å². The van der Waals surface area contributed by atoms with E-state index in [0.29, 0.717) is 5.56 Å². The van der Waals surface area contributed by atoms with Crippen molar-refractivity contribution in [1.29, 1.82) is 5.26 Å². The molecule has 106 heavy (non-hydrogen) atoms. The fraction of sp³-hybridized carbons (Fsp3) is 0.0204. The molecule has 8 nitrogen and oxygen atoms in total. The van der Waals surface area contributed by atoms with Crippen molar-refractivity contribution in [3.8, 4) is 73.6 Å². The van der Waals surface area contributed by atoms with E-state index < -0.39 is 0 Å². The van der Waals surface area contributed by atoms with Gasteiger partial charge in [-0.3, -0.25) is 4.98 Å². The number of para-hydroxylation sites is 8. The predicted molar refractivity (Wildman–Crippen MR) is 441 cm³/mol. The molecule has 8 heteroatoms. The third kappa shape index (κ3) is 8.72. The van der Waals surface area contributed by atoms with Gasteiger partial charge in [-0.15, -0.1) is 0 Å². The lowest BCUT2D eigenvalue weighted by Crippen LogP contribution is -1.98. The first-order valence-corrected chi connectivity index (χ1v) is 36.2. The van der Waals surface area contributed by atoms with Crippen molar-refractivity contribution >= 4 is 131 Å². The van der Waals surface area contributed by atoms with Crippen LogP contribution in [0.5, 0.6) is 0 Å². The maximum atomic E-state index is 11.7. The molecule has 0 radical (unpaired) electrons. The second-order valence-electron chi connectivity index (χ2n) is 28.2. The highest BCUT2D eigenvalue weighted by Gasteiger charge is 2.24. The summed E-state index contributed by atoms with van der Waals surface area (Å²) in [4.78, 5) is 4.99. The van der Waals surface area contributed by atoms with E-state index in [9.17, 15) is 5.26 Å². The molecular formula is C98H62N8. The van der Waals surface area contributed by atoms with E-state index in [0.717, 1.165) is 123 Å². The van der Waals surface area contributed by atoms with Gasteiger partial charge in [0.1, 0.15) is 6.07 Å². The number of hydrogen-bond acceptors (Lipinski definition) is 2. The van der Waals surface area contributed by atoms with E-state index in [2.05, 4.69) is 380 Å². The maximum absolute atomic E-state index is 11.7. The number of nitriles is 1. The fourth-order valence-corrected chi connectivity index (χ4v) is 17.9. The summed E-state index contributed by atoms with van der Waals surface area (Å²) in [6, 6.07) is 127. The van der Waals surface area contributed by atoms with Crippen LogP contribution in [0.3, 0.4) is 0 Å². The number of aromatic nitrogens is 7. The minimum absolute atomic E-state index is 0.598. The number of rotatable bonds is 9. The van der Waals surface area contributed by atoms with Crippen molar-refractivity contribution in [3.63, 3.8) is 0 Å². The van der Waals surface area contributed by atoms with Gasteiger partial charge >= 0.3 is 0 Å². The molecule has 0 saturated carbocycles. The monoisotopic (exact) mass is 1350 g/mol. The van der Waals surface area contributed by atoms with E-state index in [1.54, 1.807) is 0 Å². The van der Waals surface area contributed by atoms with Crippen LogP contribution in [0.1, 0.15) is 17.0 Å². The summed E-state index contributed by atoms with van der Waals surface area (Å²) in [6.45, 7) is 4.12. The number of aryl methyl sites for hydroxylation is 2. The van der Waals surface area contributed by atoms with Gasteiger partial charge in [0.25, 0.3) is 0 Å². The smallest absolute Gasteiger partial charge is 0.100 e. The molecule has 0 saturated heterocycles. The zero-order chi connectivity index (χ0) is 70.0. The van der Waals surface area contributed by atoms with Crippen LogP contribution in [-0.2, 0) is 0 Å². The van der Waals surface area contributed by atoms with Gasteiger partial charge in [0.15, 0.2) is 0 Å². The van der Waals surface area contributed by atoms with Crippen molar-refractivity contribution in [2.45, 2.75) is 13.8 Å². The highest BCUT2D eigenvalue weighted by Crippen LogP contribution is 2.45. The molecule has 7 heterocycles. The predicted octanol–water partition coefficient (Wildman–Crippen LogP) is 25.2. The lowest BCUT2D eigenvalue weighted by atomic mass is 9.88. The minimum atomic E-state index is 0.598. The first kappa shape index (κ1) is 59.4. The Balaban J connectivity index is 0.696. The molecule has 15 aromatic carbocycles. The standard InChI is InChI=1S/C98H62N8/c1-60-35-48-71(61(2)100-60)64-53-80(62-36-40-65(41-37-62)101-95-49-44-67(103-87-27-11-3-19-72(87)73-20-4-12-28-88(73)103)55-82(95)83-56-68(45-50-96(83)101)104-89-29-13-5-21-74(89)75-22-6-14-30-90(75)104)86(59-99)81(54-64)63-38-42-66(43-39-63)102-97-51-46-69(105-91-31-15-7-23-76(91)77-24-8-16-32-92(77)105)57-84(97)85-58-70(47-52-98(85)102)106-93-33-17-9-25-78(93)79-26-10-18-34-94(79)106/h3-58H,1-2H3. The number of fused-ring (bicyclic) bond motifs is 18. The first-order chi connectivity index (χ1) is 52.4. The van der Waals surface area contributed by atoms with Gasteiger partial charge in [0.2, 0.25) is 0 Å². The molecule has 0 N–H and O–H groups in total. The Morgan fingerprint density at radius 1 is 0.217 bits per heavy atom. The van der Waals surface area contributed by atoms with Crippen molar-refractivity contribution in [1.82, 2.24) is 32.4 Å². The van der Waals surface area contributed by atoms with Crippen LogP contribution < -0.4 is 0 Å². The highest BCUT2D eigenvalue weighted by molar-refractivity contribution is 6.17. The SMILES string of the molecule is Cc1ccc(-c2cc(-c3ccc(-n4c5ccc(-n6c7ccccc7c7ccccc76)cc5c5cc(-n6c7ccccc7c7ccccc76)ccc54)cc3)c(C#N)c(-c3ccc(-n4c5ccc(-n6c7ccccc7c7ccccc76)cc5c5cc(-n6c7ccccc7c7ccccc76)ccc54)cc3)c2)c(C)n1. The van der Waals surface area contributed by atoms with E-state index in [4.69, 9.17) is 4.98 Å². The molecule has 22 aromatic rings. The van der Waals surface area contributed by atoms with E-state index in [-0.39, 0.29) is 0 Å². The van der Waals surface area contributed by atoms with Crippen LogP contribution in [0, 0.1) is 25.2 Å². The molecule has 0 unspecified atom stereocenters. The molecule has 0 fully saturated rings. The number of benzene rings is 15. The van der Waals surface area contributed by atoms with Crippen LogP contribution in [0.15, 0.2) is 340 Å². The number of hydrogen-bond donors (Lipinski definition) is 0. The zero-order valence-electron chi connectivity index (χ0n) is 57.9. The largest absolute Gasteiger partial charge is 0.309 e. The van der Waals surface area contributed by atoms with Gasteiger partial charge in [-0.25, -0.2) is 0 Å². The summed E-state index contributed by atoms with van der Waals surface area (Å²) in [5, 5.41) is 26.1. The Bertz CT molecular complexity index is 6570. The second-order valence-corrected chi connectivity index (χ2v) is 28.2. The van der Waals surface area contributed by atoms with Gasteiger partial charge in [-0.2, -0.15) is 5.26 Å². The van der Waals surface area contributed by atoms with Crippen LogP contribution in [-0.4, -0.2) is 32.4 Å². The molecule has 0 atom stereocenters. The zero-order valence-corrected chi connectivity index (χ0v) is 57.9. The van der Waals surface area contributed by atoms with Crippen molar-refractivity contribution in [2.24, 2.45) is 0 Å². The van der Waals surface area contributed by atoms with Gasteiger partial charge < -0.3 is 27.4 Å². The lowest BCUT2D eigenvalue weighted by Gasteiger charge is -2.17.